The van der Waals surface area contributed by atoms with Gasteiger partial charge in [0.15, 0.2) is 0 Å². The van der Waals surface area contributed by atoms with Crippen LogP contribution in [0.4, 0.5) is 0 Å². The second-order valence-electron chi connectivity index (χ2n) is 5.87. The number of carboxylic acids is 1. The highest BCUT2D eigenvalue weighted by Gasteiger charge is 2.20. The van der Waals surface area contributed by atoms with Gasteiger partial charge in [0, 0.05) is 12.8 Å². The van der Waals surface area contributed by atoms with E-state index in [0.717, 1.165) is 16.9 Å². The van der Waals surface area contributed by atoms with Crippen LogP contribution < -0.4 is 10.1 Å². The lowest BCUT2D eigenvalue weighted by molar-refractivity contribution is -0.141. The van der Waals surface area contributed by atoms with Crippen molar-refractivity contribution in [2.45, 2.75) is 32.2 Å². The molecule has 132 valence electrons. The number of hydrogen-bond donors (Lipinski definition) is 2. The zero-order valence-electron chi connectivity index (χ0n) is 14.3. The molecule has 0 aliphatic carbocycles. The lowest BCUT2D eigenvalue weighted by Crippen LogP contribution is -2.42. The molecule has 0 heterocycles. The van der Waals surface area contributed by atoms with Crippen LogP contribution >= 0.6 is 0 Å². The van der Waals surface area contributed by atoms with E-state index in [0.29, 0.717) is 13.0 Å². The van der Waals surface area contributed by atoms with Crippen LogP contribution in [0.15, 0.2) is 54.6 Å². The summed E-state index contributed by atoms with van der Waals surface area (Å²) in [6.07, 6.45) is 1.02. The Bertz CT molecular complexity index is 700. The topological polar surface area (TPSA) is 75.6 Å². The first-order chi connectivity index (χ1) is 12.1. The Balaban J connectivity index is 1.75. The van der Waals surface area contributed by atoms with Gasteiger partial charge in [0.1, 0.15) is 11.8 Å². The molecule has 2 aromatic rings. The highest BCUT2D eigenvalue weighted by atomic mass is 16.5. The van der Waals surface area contributed by atoms with E-state index in [2.05, 4.69) is 5.32 Å². The molecule has 2 aromatic carbocycles. The van der Waals surface area contributed by atoms with Crippen molar-refractivity contribution in [2.24, 2.45) is 0 Å². The summed E-state index contributed by atoms with van der Waals surface area (Å²) in [5.41, 5.74) is 1.92. The standard InChI is InChI=1S/C20H23NO4/c1-15-8-5-6-11-18(15)25-13-7-12-19(22)21-17(20(23)24)14-16-9-3-2-4-10-16/h2-6,8-11,17H,7,12-14H2,1H3,(H,21,22)(H,23,24). The van der Waals surface area contributed by atoms with Crippen molar-refractivity contribution in [1.29, 1.82) is 0 Å². The second-order valence-corrected chi connectivity index (χ2v) is 5.87. The third kappa shape index (κ3) is 6.30. The van der Waals surface area contributed by atoms with Gasteiger partial charge in [-0.25, -0.2) is 4.79 Å². The van der Waals surface area contributed by atoms with Crippen LogP contribution in [-0.2, 0) is 16.0 Å². The lowest BCUT2D eigenvalue weighted by Gasteiger charge is -2.15. The van der Waals surface area contributed by atoms with E-state index in [-0.39, 0.29) is 18.7 Å². The van der Waals surface area contributed by atoms with Gasteiger partial charge in [-0.1, -0.05) is 48.5 Å². The zero-order chi connectivity index (χ0) is 18.1. The predicted octanol–water partition coefficient (Wildman–Crippen LogP) is 2.97. The zero-order valence-corrected chi connectivity index (χ0v) is 14.3. The summed E-state index contributed by atoms with van der Waals surface area (Å²) in [6, 6.07) is 16.0. The van der Waals surface area contributed by atoms with Gasteiger partial charge >= 0.3 is 5.97 Å². The summed E-state index contributed by atoms with van der Waals surface area (Å²) in [7, 11) is 0. The number of benzene rings is 2. The molecule has 0 aliphatic heterocycles. The smallest absolute Gasteiger partial charge is 0.326 e. The molecule has 2 N–H and O–H groups in total. The van der Waals surface area contributed by atoms with Crippen LogP contribution in [0.5, 0.6) is 5.75 Å². The number of aliphatic carboxylic acids is 1. The Morgan fingerprint density at radius 3 is 2.44 bits per heavy atom. The molecule has 25 heavy (non-hydrogen) atoms. The summed E-state index contributed by atoms with van der Waals surface area (Å²) in [6.45, 7) is 2.37. The quantitative estimate of drug-likeness (QED) is 0.688. The molecule has 0 spiro atoms. The number of ether oxygens (including phenoxy) is 1. The van der Waals surface area contributed by atoms with Gasteiger partial charge in [-0.15, -0.1) is 0 Å². The first kappa shape index (κ1) is 18.5. The highest BCUT2D eigenvalue weighted by Crippen LogP contribution is 2.16. The minimum absolute atomic E-state index is 0.227. The summed E-state index contributed by atoms with van der Waals surface area (Å²) < 4.78 is 5.64. The van der Waals surface area contributed by atoms with E-state index in [1.165, 1.54) is 0 Å². The maximum atomic E-state index is 12.0. The molecule has 1 unspecified atom stereocenters. The molecule has 0 radical (unpaired) electrons. The van der Waals surface area contributed by atoms with Crippen LogP contribution in [0, 0.1) is 6.92 Å². The number of rotatable bonds is 9. The van der Waals surface area contributed by atoms with Crippen molar-refractivity contribution in [1.82, 2.24) is 5.32 Å². The average Bonchev–Trinajstić information content (AvgIpc) is 2.60. The molecular weight excluding hydrogens is 318 g/mol. The molecule has 0 saturated heterocycles. The number of carboxylic acid groups (broad SMARTS) is 1. The van der Waals surface area contributed by atoms with E-state index < -0.39 is 12.0 Å². The first-order valence-electron chi connectivity index (χ1n) is 8.31. The van der Waals surface area contributed by atoms with Crippen LogP contribution in [0.25, 0.3) is 0 Å². The molecular formula is C20H23NO4. The monoisotopic (exact) mass is 341 g/mol. The molecule has 0 saturated carbocycles. The van der Waals surface area contributed by atoms with Crippen LogP contribution in [-0.4, -0.2) is 29.6 Å². The van der Waals surface area contributed by atoms with Gasteiger partial charge in [0.05, 0.1) is 6.61 Å². The Morgan fingerprint density at radius 1 is 1.08 bits per heavy atom. The van der Waals surface area contributed by atoms with Crippen LogP contribution in [0.3, 0.4) is 0 Å². The maximum Gasteiger partial charge on any atom is 0.326 e. The number of hydrogen-bond acceptors (Lipinski definition) is 3. The lowest BCUT2D eigenvalue weighted by atomic mass is 10.1. The fraction of sp³-hybridized carbons (Fsp3) is 0.300. The van der Waals surface area contributed by atoms with Crippen molar-refractivity contribution in [3.63, 3.8) is 0 Å². The minimum atomic E-state index is -1.03. The normalized spacial score (nSPS) is 11.6. The predicted molar refractivity (Wildman–Crippen MR) is 95.6 cm³/mol. The van der Waals surface area contributed by atoms with Gasteiger partial charge < -0.3 is 15.2 Å². The number of aryl methyl sites for hydroxylation is 1. The first-order valence-corrected chi connectivity index (χ1v) is 8.31. The molecule has 5 nitrogen and oxygen atoms in total. The largest absolute Gasteiger partial charge is 0.493 e. The number of amides is 1. The van der Waals surface area contributed by atoms with Crippen molar-refractivity contribution >= 4 is 11.9 Å². The van der Waals surface area contributed by atoms with Gasteiger partial charge in [-0.05, 0) is 30.5 Å². The maximum absolute atomic E-state index is 12.0. The number of carbonyl (C=O) groups is 2. The molecule has 1 atom stereocenters. The van der Waals surface area contributed by atoms with Gasteiger partial charge in [0.2, 0.25) is 5.91 Å². The third-order valence-electron chi connectivity index (χ3n) is 3.82. The third-order valence-corrected chi connectivity index (χ3v) is 3.82. The fourth-order valence-electron chi connectivity index (χ4n) is 2.45. The molecule has 0 aromatic heterocycles. The highest BCUT2D eigenvalue weighted by molar-refractivity contribution is 5.83. The molecule has 2 rings (SSSR count). The molecule has 0 aliphatic rings. The van der Waals surface area contributed by atoms with Gasteiger partial charge in [0.25, 0.3) is 0 Å². The van der Waals surface area contributed by atoms with Crippen molar-refractivity contribution < 1.29 is 19.4 Å². The second kappa shape index (κ2) is 9.47. The SMILES string of the molecule is Cc1ccccc1OCCCC(=O)NC(Cc1ccccc1)C(=O)O. The Labute approximate surface area is 147 Å². The van der Waals surface area contributed by atoms with E-state index in [1.54, 1.807) is 0 Å². The number of carbonyl (C=O) groups excluding carboxylic acids is 1. The number of nitrogens with one attached hydrogen (secondary N) is 1. The summed E-state index contributed by atoms with van der Waals surface area (Å²) in [4.78, 5) is 23.3. The molecule has 0 fully saturated rings. The van der Waals surface area contributed by atoms with Gasteiger partial charge in [-0.2, -0.15) is 0 Å². The van der Waals surface area contributed by atoms with E-state index in [1.807, 2.05) is 61.5 Å². The van der Waals surface area contributed by atoms with E-state index >= 15 is 0 Å². The van der Waals surface area contributed by atoms with Crippen molar-refractivity contribution in [3.05, 3.63) is 65.7 Å². The molecule has 1 amide bonds. The Morgan fingerprint density at radius 2 is 1.76 bits per heavy atom. The minimum Gasteiger partial charge on any atom is -0.493 e. The van der Waals surface area contributed by atoms with E-state index in [4.69, 9.17) is 4.74 Å². The van der Waals surface area contributed by atoms with Gasteiger partial charge in [-0.3, -0.25) is 4.79 Å². The van der Waals surface area contributed by atoms with Crippen LogP contribution in [0.2, 0.25) is 0 Å². The fourth-order valence-corrected chi connectivity index (χ4v) is 2.45. The molecule has 5 heteroatoms. The van der Waals surface area contributed by atoms with Crippen molar-refractivity contribution in [2.75, 3.05) is 6.61 Å². The number of para-hydroxylation sites is 1. The van der Waals surface area contributed by atoms with Crippen molar-refractivity contribution in [3.8, 4) is 5.75 Å². The van der Waals surface area contributed by atoms with E-state index in [9.17, 15) is 14.7 Å². The molecule has 0 bridgehead atoms. The Kier molecular flexibility index (Phi) is 7.01. The Hall–Kier alpha value is -2.82. The summed E-state index contributed by atoms with van der Waals surface area (Å²) >= 11 is 0. The summed E-state index contributed by atoms with van der Waals surface area (Å²) in [5, 5.41) is 11.9. The summed E-state index contributed by atoms with van der Waals surface area (Å²) in [5.74, 6) is -0.513. The van der Waals surface area contributed by atoms with Crippen LogP contribution in [0.1, 0.15) is 24.0 Å². The average molecular weight is 341 g/mol.